The summed E-state index contributed by atoms with van der Waals surface area (Å²) in [5, 5.41) is 0. The first-order valence-electron chi connectivity index (χ1n) is 7.20. The van der Waals surface area contributed by atoms with Crippen molar-refractivity contribution in [2.75, 3.05) is 19.0 Å². The summed E-state index contributed by atoms with van der Waals surface area (Å²) in [6.07, 6.45) is 1.08. The average Bonchev–Trinajstić information content (AvgIpc) is 2.55. The molecule has 0 bridgehead atoms. The Bertz CT molecular complexity index is 749. The number of ketones is 1. The van der Waals surface area contributed by atoms with E-state index < -0.39 is 5.97 Å². The van der Waals surface area contributed by atoms with Gasteiger partial charge in [0, 0.05) is 37.5 Å². The van der Waals surface area contributed by atoms with Gasteiger partial charge in [0.05, 0.1) is 5.56 Å². The van der Waals surface area contributed by atoms with Gasteiger partial charge >= 0.3 is 5.97 Å². The molecule has 0 radical (unpaired) electrons. The fraction of sp³-hybridized carbons (Fsp3) is 0.158. The monoisotopic (exact) mass is 309 g/mol. The third kappa shape index (κ3) is 3.66. The highest BCUT2D eigenvalue weighted by molar-refractivity contribution is 6.11. The van der Waals surface area contributed by atoms with Crippen LogP contribution in [0.3, 0.4) is 0 Å². The number of nitrogens with zero attached hydrogens (tertiary/aromatic N) is 1. The van der Waals surface area contributed by atoms with Gasteiger partial charge in [0.15, 0.2) is 5.78 Å². The van der Waals surface area contributed by atoms with E-state index in [4.69, 9.17) is 4.74 Å². The number of aryl methyl sites for hydroxylation is 1. The molecule has 0 aliphatic rings. The number of hydrogen-bond acceptors (Lipinski definition) is 4. The lowest BCUT2D eigenvalue weighted by Crippen LogP contribution is -2.14. The van der Waals surface area contributed by atoms with Crippen LogP contribution in [0.15, 0.2) is 55.1 Å². The maximum atomic E-state index is 12.7. The van der Waals surface area contributed by atoms with E-state index in [-0.39, 0.29) is 11.5 Å². The molecule has 2 aromatic rings. The molecule has 0 heterocycles. The summed E-state index contributed by atoms with van der Waals surface area (Å²) in [6.45, 7) is 5.31. The molecule has 0 aromatic heterocycles. The molecular weight excluding hydrogens is 290 g/mol. The van der Waals surface area contributed by atoms with Gasteiger partial charge in [-0.05, 0) is 18.6 Å². The van der Waals surface area contributed by atoms with E-state index in [1.165, 1.54) is 0 Å². The van der Waals surface area contributed by atoms with Crippen LogP contribution in [0.5, 0.6) is 5.75 Å². The Morgan fingerprint density at radius 1 is 1.13 bits per heavy atom. The molecule has 0 aliphatic carbocycles. The fourth-order valence-electron chi connectivity index (χ4n) is 2.32. The summed E-state index contributed by atoms with van der Waals surface area (Å²) in [5.74, 6) is -0.551. The highest BCUT2D eigenvalue weighted by atomic mass is 16.5. The second-order valence-electron chi connectivity index (χ2n) is 5.35. The molecule has 0 saturated carbocycles. The zero-order valence-corrected chi connectivity index (χ0v) is 13.5. The van der Waals surface area contributed by atoms with Crippen molar-refractivity contribution in [2.24, 2.45) is 0 Å². The van der Waals surface area contributed by atoms with Crippen LogP contribution in [0.2, 0.25) is 0 Å². The Labute approximate surface area is 136 Å². The molecule has 118 valence electrons. The van der Waals surface area contributed by atoms with Gasteiger partial charge < -0.3 is 9.64 Å². The zero-order valence-electron chi connectivity index (χ0n) is 13.5. The molecule has 0 saturated heterocycles. The number of ether oxygens (including phenoxy) is 1. The van der Waals surface area contributed by atoms with Gasteiger partial charge in [0.1, 0.15) is 5.75 Å². The molecule has 0 unspecified atom stereocenters. The minimum atomic E-state index is -0.597. The summed E-state index contributed by atoms with van der Waals surface area (Å²) in [7, 11) is 3.78. The third-order valence-corrected chi connectivity index (χ3v) is 3.44. The fourth-order valence-corrected chi connectivity index (χ4v) is 2.32. The van der Waals surface area contributed by atoms with Crippen molar-refractivity contribution < 1.29 is 14.3 Å². The quantitative estimate of drug-likeness (QED) is 0.368. The normalized spacial score (nSPS) is 10.0. The summed E-state index contributed by atoms with van der Waals surface area (Å²) in [6, 6.07) is 12.3. The summed E-state index contributed by atoms with van der Waals surface area (Å²) in [4.78, 5) is 26.2. The Hall–Kier alpha value is -2.88. The maximum Gasteiger partial charge on any atom is 0.335 e. The van der Waals surface area contributed by atoms with Crippen molar-refractivity contribution in [3.8, 4) is 5.75 Å². The standard InChI is InChI=1S/C19H19NO3/c1-5-18(21)23-17-12-16(20(3)4)13(2)11-15(17)19(22)14-9-7-6-8-10-14/h5-12H,1H2,2-4H3. The van der Waals surface area contributed by atoms with Gasteiger partial charge in [0.25, 0.3) is 0 Å². The van der Waals surface area contributed by atoms with Crippen molar-refractivity contribution in [3.63, 3.8) is 0 Å². The minimum Gasteiger partial charge on any atom is -0.423 e. The number of carbonyl (C=O) groups excluding carboxylic acids is 2. The van der Waals surface area contributed by atoms with Crippen molar-refractivity contribution in [2.45, 2.75) is 6.92 Å². The molecule has 0 aliphatic heterocycles. The van der Waals surface area contributed by atoms with Crippen molar-refractivity contribution in [3.05, 3.63) is 71.8 Å². The van der Waals surface area contributed by atoms with Crippen molar-refractivity contribution >= 4 is 17.4 Å². The second kappa shape index (κ2) is 6.92. The molecule has 0 atom stereocenters. The van der Waals surface area contributed by atoms with Crippen LogP contribution >= 0.6 is 0 Å². The second-order valence-corrected chi connectivity index (χ2v) is 5.35. The number of carbonyl (C=O) groups is 2. The number of rotatable bonds is 5. The summed E-state index contributed by atoms with van der Waals surface area (Å²) < 4.78 is 5.28. The maximum absolute atomic E-state index is 12.7. The molecule has 0 spiro atoms. The van der Waals surface area contributed by atoms with E-state index in [0.717, 1.165) is 17.3 Å². The lowest BCUT2D eigenvalue weighted by atomic mass is 9.99. The van der Waals surface area contributed by atoms with Crippen LogP contribution in [0.4, 0.5) is 5.69 Å². The lowest BCUT2D eigenvalue weighted by molar-refractivity contribution is -0.128. The highest BCUT2D eigenvalue weighted by Crippen LogP contribution is 2.30. The number of benzene rings is 2. The largest absolute Gasteiger partial charge is 0.423 e. The Kier molecular flexibility index (Phi) is 4.96. The van der Waals surface area contributed by atoms with E-state index >= 15 is 0 Å². The van der Waals surface area contributed by atoms with E-state index in [0.29, 0.717) is 11.1 Å². The van der Waals surface area contributed by atoms with Crippen LogP contribution in [-0.2, 0) is 4.79 Å². The first-order chi connectivity index (χ1) is 10.9. The zero-order chi connectivity index (χ0) is 17.0. The Morgan fingerprint density at radius 2 is 1.78 bits per heavy atom. The van der Waals surface area contributed by atoms with Gasteiger partial charge in [-0.3, -0.25) is 4.79 Å². The van der Waals surface area contributed by atoms with Gasteiger partial charge in [-0.15, -0.1) is 0 Å². The topological polar surface area (TPSA) is 46.6 Å². The molecule has 0 amide bonds. The molecule has 4 nitrogen and oxygen atoms in total. The minimum absolute atomic E-state index is 0.189. The predicted octanol–water partition coefficient (Wildman–Crippen LogP) is 3.38. The van der Waals surface area contributed by atoms with E-state index in [1.807, 2.05) is 32.0 Å². The van der Waals surface area contributed by atoms with Crippen molar-refractivity contribution in [1.82, 2.24) is 0 Å². The first-order valence-corrected chi connectivity index (χ1v) is 7.20. The summed E-state index contributed by atoms with van der Waals surface area (Å²) >= 11 is 0. The number of anilines is 1. The molecule has 4 heteroatoms. The molecule has 0 N–H and O–H groups in total. The third-order valence-electron chi connectivity index (χ3n) is 3.44. The Morgan fingerprint density at radius 3 is 2.35 bits per heavy atom. The van der Waals surface area contributed by atoms with E-state index in [1.54, 1.807) is 36.4 Å². The van der Waals surface area contributed by atoms with Crippen LogP contribution < -0.4 is 9.64 Å². The molecular formula is C19H19NO3. The molecule has 23 heavy (non-hydrogen) atoms. The molecule has 2 aromatic carbocycles. The van der Waals surface area contributed by atoms with Crippen LogP contribution in [-0.4, -0.2) is 25.8 Å². The van der Waals surface area contributed by atoms with Gasteiger partial charge in [0.2, 0.25) is 0 Å². The lowest BCUT2D eigenvalue weighted by Gasteiger charge is -2.19. The van der Waals surface area contributed by atoms with Crippen molar-refractivity contribution in [1.29, 1.82) is 0 Å². The Balaban J connectivity index is 2.56. The summed E-state index contributed by atoms with van der Waals surface area (Å²) in [5.41, 5.74) is 2.70. The SMILES string of the molecule is C=CC(=O)Oc1cc(N(C)C)c(C)cc1C(=O)c1ccccc1. The van der Waals surface area contributed by atoms with Gasteiger partial charge in [-0.2, -0.15) is 0 Å². The van der Waals surface area contributed by atoms with E-state index in [9.17, 15) is 9.59 Å². The highest BCUT2D eigenvalue weighted by Gasteiger charge is 2.19. The predicted molar refractivity (Wildman–Crippen MR) is 91.2 cm³/mol. The van der Waals surface area contributed by atoms with Gasteiger partial charge in [-0.1, -0.05) is 36.9 Å². The van der Waals surface area contributed by atoms with Gasteiger partial charge in [-0.25, -0.2) is 4.79 Å². The van der Waals surface area contributed by atoms with Crippen LogP contribution in [0.25, 0.3) is 0 Å². The smallest absolute Gasteiger partial charge is 0.335 e. The first kappa shape index (κ1) is 16.5. The van der Waals surface area contributed by atoms with E-state index in [2.05, 4.69) is 6.58 Å². The molecule has 0 fully saturated rings. The number of esters is 1. The average molecular weight is 309 g/mol. The number of hydrogen-bond donors (Lipinski definition) is 0. The van der Waals surface area contributed by atoms with Crippen LogP contribution in [0.1, 0.15) is 21.5 Å². The van der Waals surface area contributed by atoms with Crippen LogP contribution in [0, 0.1) is 6.92 Å². The molecule has 2 rings (SSSR count).